The average molecular weight is 551 g/mol. The highest BCUT2D eigenvalue weighted by molar-refractivity contribution is 6.30. The molecule has 1 atom stereocenters. The summed E-state index contributed by atoms with van der Waals surface area (Å²) >= 11 is 11.7. The second kappa shape index (κ2) is 11.9. The largest absolute Gasteiger partial charge is 0.480 e. The van der Waals surface area contributed by atoms with Crippen LogP contribution in [-0.2, 0) is 22.2 Å². The highest BCUT2D eigenvalue weighted by Gasteiger charge is 2.30. The lowest BCUT2D eigenvalue weighted by atomic mass is 10.1. The van der Waals surface area contributed by atoms with Crippen LogP contribution < -0.4 is 10.6 Å². The number of amides is 2. The predicted octanol–water partition coefficient (Wildman–Crippen LogP) is 5.60. The molecule has 2 amide bonds. The van der Waals surface area contributed by atoms with Crippen LogP contribution in [0.2, 0.25) is 10.0 Å². The number of rotatable bonds is 8. The summed E-state index contributed by atoms with van der Waals surface area (Å²) in [5.74, 6) is -3.12. The molecule has 0 aliphatic carbocycles. The Kier molecular flexibility index (Phi) is 8.96. The van der Waals surface area contributed by atoms with Gasteiger partial charge in [-0.25, -0.2) is 4.79 Å². The topological polar surface area (TPSA) is 95.5 Å². The van der Waals surface area contributed by atoms with Crippen LogP contribution in [0.4, 0.5) is 13.2 Å². The van der Waals surface area contributed by atoms with Crippen LogP contribution in [0.25, 0.3) is 6.08 Å². The van der Waals surface area contributed by atoms with E-state index in [0.29, 0.717) is 15.6 Å². The van der Waals surface area contributed by atoms with Gasteiger partial charge in [-0.05, 0) is 65.7 Å². The smallest absolute Gasteiger partial charge is 0.416 e. The molecular formula is C26H19Cl2F3N2O4. The number of aliphatic carboxylic acids is 1. The molecule has 0 saturated heterocycles. The molecule has 0 radical (unpaired) electrons. The minimum atomic E-state index is -4.63. The van der Waals surface area contributed by atoms with Gasteiger partial charge in [0.05, 0.1) is 5.56 Å². The third kappa shape index (κ3) is 8.09. The second-order valence-corrected chi connectivity index (χ2v) is 8.71. The molecule has 0 heterocycles. The van der Waals surface area contributed by atoms with Crippen molar-refractivity contribution in [2.45, 2.75) is 18.6 Å². The number of carboxylic acid groups (broad SMARTS) is 1. The van der Waals surface area contributed by atoms with E-state index in [4.69, 9.17) is 23.2 Å². The first-order chi connectivity index (χ1) is 17.4. The quantitative estimate of drug-likeness (QED) is 0.318. The molecule has 0 unspecified atom stereocenters. The Morgan fingerprint density at radius 3 is 2.08 bits per heavy atom. The van der Waals surface area contributed by atoms with E-state index in [1.807, 2.05) is 0 Å². The van der Waals surface area contributed by atoms with E-state index in [0.717, 1.165) is 24.3 Å². The molecule has 3 N–H and O–H groups in total. The summed E-state index contributed by atoms with van der Waals surface area (Å²) in [6.07, 6.45) is -3.72. The number of hydrogen-bond acceptors (Lipinski definition) is 3. The molecule has 3 aromatic carbocycles. The van der Waals surface area contributed by atoms with Crippen molar-refractivity contribution in [3.05, 3.63) is 111 Å². The molecule has 0 saturated carbocycles. The lowest BCUT2D eigenvalue weighted by Crippen LogP contribution is -2.45. The van der Waals surface area contributed by atoms with Gasteiger partial charge in [0.25, 0.3) is 11.8 Å². The van der Waals surface area contributed by atoms with E-state index in [-0.39, 0.29) is 17.5 Å². The van der Waals surface area contributed by atoms with Crippen molar-refractivity contribution in [1.82, 2.24) is 10.6 Å². The number of carbonyl (C=O) groups is 3. The third-order valence-electron chi connectivity index (χ3n) is 5.08. The van der Waals surface area contributed by atoms with Crippen LogP contribution >= 0.6 is 23.2 Å². The predicted molar refractivity (Wildman–Crippen MR) is 133 cm³/mol. The first-order valence-electron chi connectivity index (χ1n) is 10.7. The van der Waals surface area contributed by atoms with Crippen LogP contribution in [0.1, 0.15) is 27.0 Å². The maximum Gasteiger partial charge on any atom is 0.416 e. The molecule has 3 rings (SSSR count). The maximum absolute atomic E-state index is 13.2. The fraction of sp³-hybridized carbons (Fsp3) is 0.115. The molecular weight excluding hydrogens is 532 g/mol. The Labute approximate surface area is 219 Å². The van der Waals surface area contributed by atoms with Gasteiger partial charge in [0.2, 0.25) is 0 Å². The Balaban J connectivity index is 1.92. The van der Waals surface area contributed by atoms with Gasteiger partial charge in [-0.15, -0.1) is 0 Å². The van der Waals surface area contributed by atoms with Gasteiger partial charge in [0.15, 0.2) is 0 Å². The lowest BCUT2D eigenvalue weighted by Gasteiger charge is -2.17. The molecule has 0 aromatic heterocycles. The van der Waals surface area contributed by atoms with Crippen LogP contribution in [-0.4, -0.2) is 28.9 Å². The van der Waals surface area contributed by atoms with Crippen molar-refractivity contribution in [2.75, 3.05) is 0 Å². The van der Waals surface area contributed by atoms with Crippen LogP contribution in [0.3, 0.4) is 0 Å². The Morgan fingerprint density at radius 1 is 0.919 bits per heavy atom. The highest BCUT2D eigenvalue weighted by Crippen LogP contribution is 2.30. The number of carbonyl (C=O) groups excluding carboxylic acids is 2. The summed E-state index contributed by atoms with van der Waals surface area (Å²) < 4.78 is 39.5. The average Bonchev–Trinajstić information content (AvgIpc) is 2.84. The first kappa shape index (κ1) is 27.8. The number of benzene rings is 3. The Morgan fingerprint density at radius 2 is 1.51 bits per heavy atom. The molecule has 0 spiro atoms. The summed E-state index contributed by atoms with van der Waals surface area (Å²) in [6, 6.07) is 14.6. The molecule has 37 heavy (non-hydrogen) atoms. The molecule has 0 aliphatic rings. The number of nitrogens with one attached hydrogen (secondary N) is 2. The van der Waals surface area contributed by atoms with Gasteiger partial charge < -0.3 is 15.7 Å². The monoisotopic (exact) mass is 550 g/mol. The zero-order chi connectivity index (χ0) is 27.2. The second-order valence-electron chi connectivity index (χ2n) is 7.84. The summed E-state index contributed by atoms with van der Waals surface area (Å²) in [6.45, 7) is 0. The van der Waals surface area contributed by atoms with Crippen molar-refractivity contribution in [3.8, 4) is 0 Å². The van der Waals surface area contributed by atoms with E-state index in [2.05, 4.69) is 10.6 Å². The van der Waals surface area contributed by atoms with Gasteiger partial charge in [-0.3, -0.25) is 9.59 Å². The minimum Gasteiger partial charge on any atom is -0.480 e. The molecule has 192 valence electrons. The van der Waals surface area contributed by atoms with Crippen molar-refractivity contribution in [1.29, 1.82) is 0 Å². The fourth-order valence-electron chi connectivity index (χ4n) is 3.22. The Bertz CT molecular complexity index is 1320. The van der Waals surface area contributed by atoms with E-state index in [1.165, 1.54) is 30.3 Å². The van der Waals surface area contributed by atoms with E-state index < -0.39 is 41.3 Å². The maximum atomic E-state index is 13.2. The van der Waals surface area contributed by atoms with Crippen molar-refractivity contribution in [3.63, 3.8) is 0 Å². The third-order valence-corrected chi connectivity index (χ3v) is 5.58. The van der Waals surface area contributed by atoms with Crippen molar-refractivity contribution >= 4 is 47.1 Å². The standard InChI is InChI=1S/C26H19Cl2F3N2O4/c27-19-8-4-15(5-9-19)13-22(25(36)37)33-24(35)21(32-23(34)17-6-10-20(28)11-7-17)14-16-2-1-3-18(12-16)26(29,30)31/h1-12,14,22H,13H2,(H,32,34)(H,33,35)(H,36,37)/t22-/m1/s1. The van der Waals surface area contributed by atoms with Gasteiger partial charge >= 0.3 is 12.1 Å². The summed E-state index contributed by atoms with van der Waals surface area (Å²) in [4.78, 5) is 37.7. The SMILES string of the molecule is O=C(N[C@H](Cc1ccc(Cl)cc1)C(=O)O)C(=Cc1cccc(C(F)(F)F)c1)NC(=O)c1ccc(Cl)cc1. The van der Waals surface area contributed by atoms with E-state index in [9.17, 15) is 32.7 Å². The zero-order valence-corrected chi connectivity index (χ0v) is 20.4. The molecule has 0 fully saturated rings. The van der Waals surface area contributed by atoms with Gasteiger partial charge in [0, 0.05) is 22.0 Å². The van der Waals surface area contributed by atoms with Crippen LogP contribution in [0, 0.1) is 0 Å². The number of carboxylic acids is 1. The van der Waals surface area contributed by atoms with Crippen molar-refractivity contribution in [2.24, 2.45) is 0 Å². The van der Waals surface area contributed by atoms with E-state index >= 15 is 0 Å². The van der Waals surface area contributed by atoms with Gasteiger partial charge in [-0.1, -0.05) is 47.5 Å². The summed E-state index contributed by atoms with van der Waals surface area (Å²) in [7, 11) is 0. The van der Waals surface area contributed by atoms with Gasteiger partial charge in [0.1, 0.15) is 11.7 Å². The lowest BCUT2D eigenvalue weighted by molar-refractivity contribution is -0.141. The molecule has 0 bridgehead atoms. The minimum absolute atomic E-state index is 0.0408. The normalized spacial score (nSPS) is 12.5. The highest BCUT2D eigenvalue weighted by atomic mass is 35.5. The first-order valence-corrected chi connectivity index (χ1v) is 11.4. The zero-order valence-electron chi connectivity index (χ0n) is 18.9. The van der Waals surface area contributed by atoms with Crippen LogP contribution in [0.5, 0.6) is 0 Å². The molecule has 3 aromatic rings. The molecule has 6 nitrogen and oxygen atoms in total. The fourth-order valence-corrected chi connectivity index (χ4v) is 3.47. The Hall–Kier alpha value is -3.82. The number of alkyl halides is 3. The molecule has 0 aliphatic heterocycles. The van der Waals surface area contributed by atoms with E-state index in [1.54, 1.807) is 24.3 Å². The van der Waals surface area contributed by atoms with Crippen molar-refractivity contribution < 1.29 is 32.7 Å². The summed E-state index contributed by atoms with van der Waals surface area (Å²) in [5.41, 5.74) is -0.785. The number of hydrogen-bond donors (Lipinski definition) is 3. The van der Waals surface area contributed by atoms with Gasteiger partial charge in [-0.2, -0.15) is 13.2 Å². The molecule has 11 heteroatoms. The summed E-state index contributed by atoms with van der Waals surface area (Å²) in [5, 5.41) is 15.1. The van der Waals surface area contributed by atoms with Crippen LogP contribution in [0.15, 0.2) is 78.5 Å². The number of halogens is 5.